The van der Waals surface area contributed by atoms with Crippen LogP contribution in [0.4, 0.5) is 5.82 Å². The molecule has 180 valence electrons. The van der Waals surface area contributed by atoms with E-state index in [0.717, 1.165) is 10.8 Å². The summed E-state index contributed by atoms with van der Waals surface area (Å²) in [5.41, 5.74) is 0.981. The molecule has 0 bridgehead atoms. The fourth-order valence-corrected chi connectivity index (χ4v) is 4.88. The maximum absolute atomic E-state index is 14.1. The number of anilines is 1. The van der Waals surface area contributed by atoms with Crippen molar-refractivity contribution in [3.8, 4) is 11.5 Å². The number of aryl methyl sites for hydroxylation is 1. The molecule has 6 rings (SSSR count). The lowest BCUT2D eigenvalue weighted by molar-refractivity contribution is 0.0969. The first-order valence-electron chi connectivity index (χ1n) is 11.6. The highest BCUT2D eigenvalue weighted by Gasteiger charge is 2.45. The Morgan fingerprint density at radius 3 is 2.61 bits per heavy atom. The van der Waals surface area contributed by atoms with Crippen molar-refractivity contribution in [1.29, 1.82) is 0 Å². The molecule has 1 unspecified atom stereocenters. The highest BCUT2D eigenvalue weighted by molar-refractivity contribution is 6.12. The van der Waals surface area contributed by atoms with Gasteiger partial charge in [0.25, 0.3) is 5.91 Å². The van der Waals surface area contributed by atoms with E-state index in [1.807, 2.05) is 43.3 Å². The topological polar surface area (TPSA) is 95.0 Å². The number of benzene rings is 3. The number of fused-ring (bicyclic) bond motifs is 4. The molecule has 2 aromatic heterocycles. The molecule has 0 saturated carbocycles. The van der Waals surface area contributed by atoms with E-state index < -0.39 is 11.9 Å². The van der Waals surface area contributed by atoms with Gasteiger partial charge < -0.3 is 18.4 Å². The van der Waals surface area contributed by atoms with E-state index in [1.54, 1.807) is 38.3 Å². The summed E-state index contributed by atoms with van der Waals surface area (Å²) in [5.74, 6) is 1.39. The third kappa shape index (κ3) is 3.18. The molecule has 0 radical (unpaired) electrons. The Labute approximate surface area is 205 Å². The number of carbonyl (C=O) groups excluding carboxylic acids is 1. The maximum Gasteiger partial charge on any atom is 0.296 e. The number of hydrogen-bond donors (Lipinski definition) is 0. The van der Waals surface area contributed by atoms with E-state index in [1.165, 1.54) is 4.90 Å². The maximum atomic E-state index is 14.1. The van der Waals surface area contributed by atoms with Crippen molar-refractivity contribution >= 4 is 33.5 Å². The van der Waals surface area contributed by atoms with Crippen LogP contribution in [-0.4, -0.2) is 24.8 Å². The summed E-state index contributed by atoms with van der Waals surface area (Å²) in [5, 5.41) is 6.18. The third-order valence-corrected chi connectivity index (χ3v) is 6.43. The lowest BCUT2D eigenvalue weighted by atomic mass is 9.96. The van der Waals surface area contributed by atoms with Crippen LogP contribution in [0.1, 0.15) is 40.4 Å². The monoisotopic (exact) mass is 482 g/mol. The summed E-state index contributed by atoms with van der Waals surface area (Å²) in [4.78, 5) is 29.3. The molecule has 0 N–H and O–H groups in total. The molecule has 8 heteroatoms. The highest BCUT2D eigenvalue weighted by atomic mass is 16.5. The van der Waals surface area contributed by atoms with Crippen molar-refractivity contribution in [1.82, 2.24) is 5.16 Å². The zero-order valence-corrected chi connectivity index (χ0v) is 19.9. The molecule has 3 heterocycles. The first-order valence-corrected chi connectivity index (χ1v) is 11.6. The number of carbonyl (C=O) groups is 1. The molecule has 3 aromatic carbocycles. The van der Waals surface area contributed by atoms with Crippen LogP contribution in [0, 0.1) is 6.92 Å². The average Bonchev–Trinajstić information content (AvgIpc) is 3.45. The van der Waals surface area contributed by atoms with Crippen molar-refractivity contribution in [2.75, 3.05) is 18.6 Å². The normalized spacial score (nSPS) is 15.0. The van der Waals surface area contributed by atoms with E-state index in [0.29, 0.717) is 40.4 Å². The Bertz CT molecular complexity index is 1720. The van der Waals surface area contributed by atoms with Crippen molar-refractivity contribution in [3.63, 3.8) is 0 Å². The molecule has 5 aromatic rings. The Morgan fingerprint density at radius 2 is 1.86 bits per heavy atom. The molecule has 1 aliphatic rings. The number of ether oxygens (including phenoxy) is 2. The van der Waals surface area contributed by atoms with Gasteiger partial charge in [-0.15, -0.1) is 0 Å². The van der Waals surface area contributed by atoms with Gasteiger partial charge in [0.05, 0.1) is 30.7 Å². The highest BCUT2D eigenvalue weighted by Crippen LogP contribution is 2.43. The van der Waals surface area contributed by atoms with Crippen molar-refractivity contribution in [2.24, 2.45) is 0 Å². The van der Waals surface area contributed by atoms with Crippen LogP contribution in [0.5, 0.6) is 11.5 Å². The zero-order valence-electron chi connectivity index (χ0n) is 19.9. The van der Waals surface area contributed by atoms with Gasteiger partial charge in [-0.3, -0.25) is 14.5 Å². The largest absolute Gasteiger partial charge is 0.493 e. The van der Waals surface area contributed by atoms with Crippen molar-refractivity contribution in [2.45, 2.75) is 19.9 Å². The summed E-state index contributed by atoms with van der Waals surface area (Å²) >= 11 is 0. The standard InChI is InChI=1S/C28H22N2O6/c1-4-34-19-11-10-17(14-21(19)33-3)25-24-26(31)23-18-8-6-5-7-16(18)9-12-20(23)35-27(24)28(32)30(25)22-13-15(2)36-29-22/h5-14,25H,4H2,1-3H3. The number of aromatic nitrogens is 1. The molecular formula is C28H22N2O6. The molecule has 1 atom stereocenters. The van der Waals surface area contributed by atoms with E-state index >= 15 is 0 Å². The molecule has 8 nitrogen and oxygen atoms in total. The van der Waals surface area contributed by atoms with Gasteiger partial charge in [0.2, 0.25) is 5.76 Å². The first kappa shape index (κ1) is 21.9. The van der Waals surface area contributed by atoms with Crippen LogP contribution in [0.2, 0.25) is 0 Å². The van der Waals surface area contributed by atoms with Crippen LogP contribution in [0.3, 0.4) is 0 Å². The first-order chi connectivity index (χ1) is 17.5. The van der Waals surface area contributed by atoms with E-state index in [2.05, 4.69) is 5.16 Å². The molecule has 1 aliphatic heterocycles. The van der Waals surface area contributed by atoms with Gasteiger partial charge in [-0.1, -0.05) is 41.6 Å². The summed E-state index contributed by atoms with van der Waals surface area (Å²) in [6.07, 6.45) is 0. The van der Waals surface area contributed by atoms with Gasteiger partial charge in [0.1, 0.15) is 11.3 Å². The van der Waals surface area contributed by atoms with Gasteiger partial charge in [-0.25, -0.2) is 0 Å². The second kappa shape index (κ2) is 8.27. The number of methoxy groups -OCH3 is 1. The Hall–Kier alpha value is -4.59. The van der Waals surface area contributed by atoms with Crippen molar-refractivity contribution in [3.05, 3.63) is 93.5 Å². The number of amides is 1. The molecule has 0 aliphatic carbocycles. The minimum atomic E-state index is -0.804. The predicted octanol–water partition coefficient (Wildman–Crippen LogP) is 5.40. The smallest absolute Gasteiger partial charge is 0.296 e. The van der Waals surface area contributed by atoms with E-state index in [-0.39, 0.29) is 22.6 Å². The predicted molar refractivity (Wildman–Crippen MR) is 134 cm³/mol. The quantitative estimate of drug-likeness (QED) is 0.310. The third-order valence-electron chi connectivity index (χ3n) is 6.43. The van der Waals surface area contributed by atoms with Crippen LogP contribution < -0.4 is 19.8 Å². The summed E-state index contributed by atoms with van der Waals surface area (Å²) in [7, 11) is 1.54. The molecule has 1 amide bonds. The Balaban J connectivity index is 1.66. The lowest BCUT2D eigenvalue weighted by Crippen LogP contribution is -2.29. The minimum absolute atomic E-state index is 0.0127. The summed E-state index contributed by atoms with van der Waals surface area (Å²) in [6.45, 7) is 4.09. The summed E-state index contributed by atoms with van der Waals surface area (Å²) in [6, 6.07) is 17.4. The van der Waals surface area contributed by atoms with Gasteiger partial charge in [-0.05, 0) is 48.4 Å². The molecule has 36 heavy (non-hydrogen) atoms. The van der Waals surface area contributed by atoms with Crippen molar-refractivity contribution < 1.29 is 23.2 Å². The summed E-state index contributed by atoms with van der Waals surface area (Å²) < 4.78 is 22.6. The van der Waals surface area contributed by atoms with Gasteiger partial charge in [0, 0.05) is 6.07 Å². The number of hydrogen-bond acceptors (Lipinski definition) is 7. The molecule has 0 saturated heterocycles. The second-order valence-electron chi connectivity index (χ2n) is 8.55. The molecule has 0 spiro atoms. The Kier molecular flexibility index (Phi) is 5.03. The SMILES string of the molecule is CCOc1ccc(C2c3c(oc4ccc5ccccc5c4c3=O)C(=O)N2c2cc(C)on2)cc1OC. The van der Waals surface area contributed by atoms with Gasteiger partial charge >= 0.3 is 0 Å². The van der Waals surface area contributed by atoms with Crippen LogP contribution in [-0.2, 0) is 0 Å². The van der Waals surface area contributed by atoms with Crippen LogP contribution in [0.25, 0.3) is 21.7 Å². The van der Waals surface area contributed by atoms with Gasteiger partial charge in [0.15, 0.2) is 22.7 Å². The lowest BCUT2D eigenvalue weighted by Gasteiger charge is -2.23. The zero-order chi connectivity index (χ0) is 25.0. The molecular weight excluding hydrogens is 460 g/mol. The average molecular weight is 482 g/mol. The molecule has 0 fully saturated rings. The fourth-order valence-electron chi connectivity index (χ4n) is 4.88. The number of rotatable bonds is 5. The fraction of sp³-hybridized carbons (Fsp3) is 0.179. The van der Waals surface area contributed by atoms with Crippen LogP contribution >= 0.6 is 0 Å². The second-order valence-corrected chi connectivity index (χ2v) is 8.55. The number of nitrogens with zero attached hydrogens (tertiary/aromatic N) is 2. The van der Waals surface area contributed by atoms with Gasteiger partial charge in [-0.2, -0.15) is 0 Å². The minimum Gasteiger partial charge on any atom is -0.493 e. The Morgan fingerprint density at radius 1 is 1.03 bits per heavy atom. The van der Waals surface area contributed by atoms with Crippen LogP contribution in [0.15, 0.2) is 74.4 Å². The van der Waals surface area contributed by atoms with E-state index in [9.17, 15) is 9.59 Å². The van der Waals surface area contributed by atoms with E-state index in [4.69, 9.17) is 18.4 Å².